The molecule has 22 heavy (non-hydrogen) atoms. The molecule has 1 saturated heterocycles. The van der Waals surface area contributed by atoms with Gasteiger partial charge < -0.3 is 15.0 Å². The van der Waals surface area contributed by atoms with Crippen LogP contribution in [0.1, 0.15) is 10.4 Å². The zero-order valence-electron chi connectivity index (χ0n) is 12.1. The number of hydrogen-bond acceptors (Lipinski definition) is 3. The molecule has 2 aromatic rings. The van der Waals surface area contributed by atoms with Crippen molar-refractivity contribution in [2.45, 2.75) is 0 Å². The number of benzene rings is 2. The lowest BCUT2D eigenvalue weighted by Gasteiger charge is -2.28. The van der Waals surface area contributed by atoms with E-state index in [4.69, 9.17) is 4.74 Å². The van der Waals surface area contributed by atoms with Gasteiger partial charge in [-0.3, -0.25) is 4.79 Å². The van der Waals surface area contributed by atoms with E-state index in [9.17, 15) is 4.79 Å². The molecule has 5 heteroatoms. The van der Waals surface area contributed by atoms with E-state index < -0.39 is 0 Å². The first-order valence-corrected chi connectivity index (χ1v) is 8.01. The van der Waals surface area contributed by atoms with Gasteiger partial charge in [-0.1, -0.05) is 15.9 Å². The highest BCUT2D eigenvalue weighted by Gasteiger charge is 2.12. The van der Waals surface area contributed by atoms with Crippen molar-refractivity contribution in [3.8, 4) is 0 Å². The van der Waals surface area contributed by atoms with Crippen LogP contribution in [0.5, 0.6) is 0 Å². The monoisotopic (exact) mass is 360 g/mol. The molecule has 0 saturated carbocycles. The zero-order valence-corrected chi connectivity index (χ0v) is 13.7. The molecule has 1 heterocycles. The van der Waals surface area contributed by atoms with Gasteiger partial charge in [0.05, 0.1) is 13.2 Å². The van der Waals surface area contributed by atoms with Gasteiger partial charge in [0.15, 0.2) is 0 Å². The Bertz CT molecular complexity index is 635. The third-order valence-corrected chi connectivity index (χ3v) is 4.14. The molecule has 0 radical (unpaired) electrons. The van der Waals surface area contributed by atoms with E-state index >= 15 is 0 Å². The summed E-state index contributed by atoms with van der Waals surface area (Å²) in [5, 5.41) is 2.89. The van der Waals surface area contributed by atoms with Crippen molar-refractivity contribution >= 4 is 33.2 Å². The van der Waals surface area contributed by atoms with Crippen molar-refractivity contribution in [2.75, 3.05) is 36.5 Å². The van der Waals surface area contributed by atoms with Gasteiger partial charge in [0.1, 0.15) is 0 Å². The summed E-state index contributed by atoms with van der Waals surface area (Å²) in [5.41, 5.74) is 2.56. The Labute approximate surface area is 138 Å². The van der Waals surface area contributed by atoms with Gasteiger partial charge in [-0.2, -0.15) is 0 Å². The van der Waals surface area contributed by atoms with Crippen molar-refractivity contribution in [1.82, 2.24) is 0 Å². The van der Waals surface area contributed by atoms with Gasteiger partial charge >= 0.3 is 0 Å². The Hall–Kier alpha value is -1.85. The number of nitrogens with zero attached hydrogens (tertiary/aromatic N) is 1. The largest absolute Gasteiger partial charge is 0.378 e. The Balaban J connectivity index is 1.66. The van der Waals surface area contributed by atoms with Crippen LogP contribution in [0.4, 0.5) is 11.4 Å². The molecule has 0 unspecified atom stereocenters. The highest BCUT2D eigenvalue weighted by atomic mass is 79.9. The smallest absolute Gasteiger partial charge is 0.255 e. The van der Waals surface area contributed by atoms with Crippen molar-refractivity contribution in [3.63, 3.8) is 0 Å². The molecule has 3 rings (SSSR count). The maximum atomic E-state index is 12.2. The normalized spacial score (nSPS) is 14.7. The Morgan fingerprint density at radius 3 is 2.27 bits per heavy atom. The van der Waals surface area contributed by atoms with Crippen LogP contribution in [0.2, 0.25) is 0 Å². The lowest BCUT2D eigenvalue weighted by molar-refractivity contribution is 0.102. The number of anilines is 2. The Morgan fingerprint density at radius 2 is 1.64 bits per heavy atom. The summed E-state index contributed by atoms with van der Waals surface area (Å²) in [5.74, 6) is -0.101. The average Bonchev–Trinajstić information content (AvgIpc) is 2.58. The molecule has 4 nitrogen and oxygen atoms in total. The quantitative estimate of drug-likeness (QED) is 0.909. The van der Waals surface area contributed by atoms with Crippen LogP contribution < -0.4 is 10.2 Å². The second-order valence-corrected chi connectivity index (χ2v) is 6.02. The number of rotatable bonds is 3. The molecule has 0 atom stereocenters. The zero-order chi connectivity index (χ0) is 15.4. The van der Waals surface area contributed by atoms with Gasteiger partial charge in [0.2, 0.25) is 0 Å². The van der Waals surface area contributed by atoms with Crippen LogP contribution in [0.3, 0.4) is 0 Å². The first kappa shape index (κ1) is 15.1. The Morgan fingerprint density at radius 1 is 1.00 bits per heavy atom. The lowest BCUT2D eigenvalue weighted by atomic mass is 10.1. The van der Waals surface area contributed by atoms with Crippen LogP contribution in [0.25, 0.3) is 0 Å². The maximum Gasteiger partial charge on any atom is 0.255 e. The van der Waals surface area contributed by atoms with E-state index in [1.165, 1.54) is 0 Å². The van der Waals surface area contributed by atoms with E-state index in [2.05, 4.69) is 26.1 Å². The highest BCUT2D eigenvalue weighted by molar-refractivity contribution is 9.10. The number of halogens is 1. The topological polar surface area (TPSA) is 41.6 Å². The molecular formula is C17H17BrN2O2. The van der Waals surface area contributed by atoms with Crippen molar-refractivity contribution < 1.29 is 9.53 Å². The number of hydrogen-bond donors (Lipinski definition) is 1. The summed E-state index contributed by atoms with van der Waals surface area (Å²) >= 11 is 3.38. The molecule has 2 aromatic carbocycles. The van der Waals surface area contributed by atoms with Gasteiger partial charge in [-0.05, 0) is 48.5 Å². The summed E-state index contributed by atoms with van der Waals surface area (Å²) in [6.07, 6.45) is 0. The summed E-state index contributed by atoms with van der Waals surface area (Å²) in [6, 6.07) is 15.2. The predicted molar refractivity (Wildman–Crippen MR) is 91.6 cm³/mol. The second-order valence-electron chi connectivity index (χ2n) is 5.11. The van der Waals surface area contributed by atoms with Gasteiger partial charge in [0.25, 0.3) is 5.91 Å². The predicted octanol–water partition coefficient (Wildman–Crippen LogP) is 3.54. The standard InChI is InChI=1S/C17H17BrN2O2/c18-14-3-5-15(6-4-14)19-17(21)13-1-7-16(8-2-13)20-9-11-22-12-10-20/h1-8H,9-12H2,(H,19,21). The molecule has 1 amide bonds. The number of amides is 1. The molecule has 1 aliphatic rings. The van der Waals surface area contributed by atoms with E-state index in [-0.39, 0.29) is 5.91 Å². The lowest BCUT2D eigenvalue weighted by Crippen LogP contribution is -2.36. The van der Waals surface area contributed by atoms with Crippen molar-refractivity contribution in [2.24, 2.45) is 0 Å². The molecule has 0 aliphatic carbocycles. The van der Waals surface area contributed by atoms with Crippen LogP contribution in [-0.4, -0.2) is 32.2 Å². The molecule has 1 N–H and O–H groups in total. The number of ether oxygens (including phenoxy) is 1. The number of morpholine rings is 1. The molecule has 114 valence electrons. The first-order chi connectivity index (χ1) is 10.7. The van der Waals surface area contributed by atoms with Gasteiger partial charge in [-0.15, -0.1) is 0 Å². The fourth-order valence-corrected chi connectivity index (χ4v) is 2.65. The van der Waals surface area contributed by atoms with E-state index in [0.717, 1.165) is 42.2 Å². The van der Waals surface area contributed by atoms with Crippen LogP contribution in [0.15, 0.2) is 53.0 Å². The first-order valence-electron chi connectivity index (χ1n) is 7.22. The fraction of sp³-hybridized carbons (Fsp3) is 0.235. The molecule has 0 aromatic heterocycles. The third-order valence-electron chi connectivity index (χ3n) is 3.61. The summed E-state index contributed by atoms with van der Waals surface area (Å²) in [4.78, 5) is 14.5. The third kappa shape index (κ3) is 3.67. The number of nitrogens with one attached hydrogen (secondary N) is 1. The summed E-state index contributed by atoms with van der Waals surface area (Å²) < 4.78 is 6.34. The second kappa shape index (κ2) is 6.94. The van der Waals surface area contributed by atoms with E-state index in [1.807, 2.05) is 48.5 Å². The molecule has 1 fully saturated rings. The average molecular weight is 361 g/mol. The molecule has 0 spiro atoms. The SMILES string of the molecule is O=C(Nc1ccc(Br)cc1)c1ccc(N2CCOCC2)cc1. The number of carbonyl (C=O) groups excluding carboxylic acids is 1. The highest BCUT2D eigenvalue weighted by Crippen LogP contribution is 2.18. The van der Waals surface area contributed by atoms with Crippen LogP contribution in [-0.2, 0) is 4.74 Å². The molecular weight excluding hydrogens is 344 g/mol. The Kier molecular flexibility index (Phi) is 4.75. The summed E-state index contributed by atoms with van der Waals surface area (Å²) in [7, 11) is 0. The van der Waals surface area contributed by atoms with E-state index in [0.29, 0.717) is 5.56 Å². The van der Waals surface area contributed by atoms with Crippen LogP contribution >= 0.6 is 15.9 Å². The minimum absolute atomic E-state index is 0.101. The fourth-order valence-electron chi connectivity index (χ4n) is 2.38. The van der Waals surface area contributed by atoms with Crippen LogP contribution in [0, 0.1) is 0 Å². The van der Waals surface area contributed by atoms with Gasteiger partial charge in [-0.25, -0.2) is 0 Å². The van der Waals surface area contributed by atoms with Crippen molar-refractivity contribution in [1.29, 1.82) is 0 Å². The molecule has 0 bridgehead atoms. The van der Waals surface area contributed by atoms with Crippen molar-refractivity contribution in [3.05, 3.63) is 58.6 Å². The molecule has 1 aliphatic heterocycles. The number of carbonyl (C=O) groups is 1. The summed E-state index contributed by atoms with van der Waals surface area (Å²) in [6.45, 7) is 3.30. The van der Waals surface area contributed by atoms with Gasteiger partial charge in [0, 0.05) is 34.5 Å². The maximum absolute atomic E-state index is 12.2. The van der Waals surface area contributed by atoms with E-state index in [1.54, 1.807) is 0 Å². The minimum Gasteiger partial charge on any atom is -0.378 e. The minimum atomic E-state index is -0.101.